The molecule has 2 aliphatic heterocycles. The lowest BCUT2D eigenvalue weighted by Gasteiger charge is -2.46. The third-order valence-electron chi connectivity index (χ3n) is 6.68. The number of H-pyrrole nitrogens is 1. The van der Waals surface area contributed by atoms with Crippen LogP contribution in [0, 0.1) is 12.8 Å². The summed E-state index contributed by atoms with van der Waals surface area (Å²) in [5.41, 5.74) is 1.85. The molecule has 1 atom stereocenters. The fourth-order valence-corrected chi connectivity index (χ4v) is 5.01. The number of imidazole rings is 1. The summed E-state index contributed by atoms with van der Waals surface area (Å²) in [7, 11) is 0. The van der Waals surface area contributed by atoms with E-state index in [9.17, 15) is 4.79 Å². The number of aromatic nitrogens is 4. The van der Waals surface area contributed by atoms with Gasteiger partial charge < -0.3 is 19.1 Å². The number of aromatic amines is 1. The van der Waals surface area contributed by atoms with Gasteiger partial charge in [-0.15, -0.1) is 0 Å². The second kappa shape index (κ2) is 8.42. The first-order chi connectivity index (χ1) is 15.1. The highest BCUT2D eigenvalue weighted by atomic mass is 16.5. The van der Waals surface area contributed by atoms with Gasteiger partial charge in [-0.25, -0.2) is 4.98 Å². The summed E-state index contributed by atoms with van der Waals surface area (Å²) < 4.78 is 11.4. The number of amides is 1. The van der Waals surface area contributed by atoms with Gasteiger partial charge in [0, 0.05) is 45.9 Å². The van der Waals surface area contributed by atoms with Crippen molar-refractivity contribution in [3.8, 4) is 0 Å². The summed E-state index contributed by atoms with van der Waals surface area (Å²) in [6, 6.07) is 7.95. The number of fused-ring (bicyclic) bond motifs is 1. The molecule has 2 saturated heterocycles. The molecule has 4 heterocycles. The molecule has 1 spiro atoms. The van der Waals surface area contributed by atoms with Gasteiger partial charge in [0.15, 0.2) is 5.82 Å². The second-order valence-electron chi connectivity index (χ2n) is 8.91. The summed E-state index contributed by atoms with van der Waals surface area (Å²) >= 11 is 0. The van der Waals surface area contributed by atoms with E-state index in [1.807, 2.05) is 36.1 Å². The van der Waals surface area contributed by atoms with Crippen LogP contribution in [0.25, 0.3) is 11.0 Å². The first-order valence-electron chi connectivity index (χ1n) is 11.2. The van der Waals surface area contributed by atoms with Gasteiger partial charge in [0.1, 0.15) is 5.82 Å². The third kappa shape index (κ3) is 4.49. The molecule has 1 amide bonds. The molecule has 8 nitrogen and oxygen atoms in total. The SMILES string of the molecule is Cc1nc(CC2CCOC3(CCN(C(=O)CCc4nc5ccccc5[nH]4)CC3)C2)no1. The summed E-state index contributed by atoms with van der Waals surface area (Å²) in [4.78, 5) is 27.0. The van der Waals surface area contributed by atoms with Crippen molar-refractivity contribution in [2.24, 2.45) is 5.92 Å². The Morgan fingerprint density at radius 2 is 2.10 bits per heavy atom. The van der Waals surface area contributed by atoms with E-state index in [-0.39, 0.29) is 11.5 Å². The van der Waals surface area contributed by atoms with Crippen LogP contribution in [-0.4, -0.2) is 56.2 Å². The zero-order chi connectivity index (χ0) is 21.3. The number of carbonyl (C=O) groups is 1. The number of carbonyl (C=O) groups excluding carboxylic acids is 1. The first kappa shape index (κ1) is 20.2. The van der Waals surface area contributed by atoms with E-state index in [1.54, 1.807) is 0 Å². The number of nitrogens with zero attached hydrogens (tertiary/aromatic N) is 4. The quantitative estimate of drug-likeness (QED) is 0.677. The number of para-hydroxylation sites is 2. The van der Waals surface area contributed by atoms with Crippen molar-refractivity contribution in [1.82, 2.24) is 25.0 Å². The molecule has 0 radical (unpaired) electrons. The molecule has 2 fully saturated rings. The van der Waals surface area contributed by atoms with Gasteiger partial charge >= 0.3 is 0 Å². The first-order valence-corrected chi connectivity index (χ1v) is 11.2. The minimum absolute atomic E-state index is 0.114. The Labute approximate surface area is 181 Å². The maximum absolute atomic E-state index is 12.8. The standard InChI is InChI=1S/C23H29N5O3/c1-16-24-21(27-31-16)14-17-8-13-30-23(15-17)9-11-28(12-10-23)22(29)7-6-20-25-18-4-2-3-5-19(18)26-20/h2-5,17H,6-15H2,1H3,(H,25,26). The summed E-state index contributed by atoms with van der Waals surface area (Å²) in [5.74, 6) is 2.98. The van der Waals surface area contributed by atoms with Gasteiger partial charge in [-0.2, -0.15) is 4.98 Å². The molecule has 8 heteroatoms. The highest BCUT2D eigenvalue weighted by Crippen LogP contribution is 2.38. The van der Waals surface area contributed by atoms with Crippen molar-refractivity contribution in [1.29, 1.82) is 0 Å². The van der Waals surface area contributed by atoms with Gasteiger partial charge in [-0.05, 0) is 43.7 Å². The fraction of sp³-hybridized carbons (Fsp3) is 0.565. The molecule has 0 bridgehead atoms. The van der Waals surface area contributed by atoms with Gasteiger partial charge in [-0.1, -0.05) is 17.3 Å². The van der Waals surface area contributed by atoms with Gasteiger partial charge in [0.2, 0.25) is 11.8 Å². The minimum Gasteiger partial charge on any atom is -0.375 e. The lowest BCUT2D eigenvalue weighted by Crippen LogP contribution is -2.51. The topological polar surface area (TPSA) is 97.1 Å². The van der Waals surface area contributed by atoms with E-state index in [1.165, 1.54) is 0 Å². The zero-order valence-corrected chi connectivity index (χ0v) is 18.0. The molecule has 2 aromatic heterocycles. The van der Waals surface area contributed by atoms with Crippen LogP contribution in [0.5, 0.6) is 0 Å². The molecular weight excluding hydrogens is 394 g/mol. The Kier molecular flexibility index (Phi) is 5.48. The van der Waals surface area contributed by atoms with Gasteiger partial charge in [0.25, 0.3) is 0 Å². The molecule has 2 aliphatic rings. The smallest absolute Gasteiger partial charge is 0.223 e. The molecular formula is C23H29N5O3. The maximum Gasteiger partial charge on any atom is 0.223 e. The van der Waals surface area contributed by atoms with Gasteiger partial charge in [0.05, 0.1) is 16.6 Å². The number of rotatable bonds is 5. The van der Waals surface area contributed by atoms with E-state index < -0.39 is 0 Å². The molecule has 164 valence electrons. The van der Waals surface area contributed by atoms with E-state index >= 15 is 0 Å². The van der Waals surface area contributed by atoms with E-state index in [2.05, 4.69) is 20.1 Å². The van der Waals surface area contributed by atoms with Crippen LogP contribution in [0.1, 0.15) is 49.6 Å². The van der Waals surface area contributed by atoms with Crippen LogP contribution in [0.4, 0.5) is 0 Å². The van der Waals surface area contributed by atoms with Crippen LogP contribution in [0.15, 0.2) is 28.8 Å². The molecule has 1 aromatic carbocycles. The average molecular weight is 424 g/mol. The largest absolute Gasteiger partial charge is 0.375 e. The van der Waals surface area contributed by atoms with E-state index in [4.69, 9.17) is 9.26 Å². The highest BCUT2D eigenvalue weighted by molar-refractivity contribution is 5.77. The summed E-state index contributed by atoms with van der Waals surface area (Å²) in [5, 5.41) is 4.05. The van der Waals surface area contributed by atoms with Crippen molar-refractivity contribution in [3.05, 3.63) is 41.8 Å². The van der Waals surface area contributed by atoms with Crippen LogP contribution < -0.4 is 0 Å². The number of hydrogen-bond acceptors (Lipinski definition) is 6. The molecule has 1 N–H and O–H groups in total. The van der Waals surface area contributed by atoms with Crippen LogP contribution >= 0.6 is 0 Å². The fourth-order valence-electron chi connectivity index (χ4n) is 5.01. The zero-order valence-electron chi connectivity index (χ0n) is 18.0. The predicted molar refractivity (Wildman–Crippen MR) is 114 cm³/mol. The summed E-state index contributed by atoms with van der Waals surface area (Å²) in [6.45, 7) is 4.10. The number of hydrogen-bond donors (Lipinski definition) is 1. The monoisotopic (exact) mass is 423 g/mol. The number of likely N-dealkylation sites (tertiary alicyclic amines) is 1. The Bertz CT molecular complexity index is 1020. The Balaban J connectivity index is 1.12. The summed E-state index contributed by atoms with van der Waals surface area (Å²) in [6.07, 6.45) is 5.77. The molecule has 5 rings (SSSR count). The Morgan fingerprint density at radius 1 is 1.26 bits per heavy atom. The van der Waals surface area contributed by atoms with Gasteiger partial charge in [-0.3, -0.25) is 4.79 Å². The average Bonchev–Trinajstić information content (AvgIpc) is 3.38. The third-order valence-corrected chi connectivity index (χ3v) is 6.68. The number of ether oxygens (including phenoxy) is 1. The minimum atomic E-state index is -0.114. The second-order valence-corrected chi connectivity index (χ2v) is 8.91. The lowest BCUT2D eigenvalue weighted by atomic mass is 9.78. The highest BCUT2D eigenvalue weighted by Gasteiger charge is 2.41. The molecule has 31 heavy (non-hydrogen) atoms. The van der Waals surface area contributed by atoms with Crippen molar-refractivity contribution in [3.63, 3.8) is 0 Å². The molecule has 0 aliphatic carbocycles. The number of piperidine rings is 1. The number of nitrogens with one attached hydrogen (secondary N) is 1. The van der Waals surface area contributed by atoms with Crippen molar-refractivity contribution < 1.29 is 14.1 Å². The Morgan fingerprint density at radius 3 is 2.87 bits per heavy atom. The number of aryl methyl sites for hydroxylation is 2. The van der Waals surface area contributed by atoms with Crippen molar-refractivity contribution in [2.45, 2.75) is 57.5 Å². The maximum atomic E-state index is 12.8. The predicted octanol–water partition coefficient (Wildman–Crippen LogP) is 3.22. The van der Waals surface area contributed by atoms with E-state index in [0.29, 0.717) is 24.7 Å². The normalized spacial score (nSPS) is 21.1. The van der Waals surface area contributed by atoms with Crippen molar-refractivity contribution >= 4 is 16.9 Å². The lowest BCUT2D eigenvalue weighted by molar-refractivity contribution is -0.147. The molecule has 0 saturated carbocycles. The molecule has 1 unspecified atom stereocenters. The van der Waals surface area contributed by atoms with Crippen molar-refractivity contribution in [2.75, 3.05) is 19.7 Å². The van der Waals surface area contributed by atoms with Crippen LogP contribution in [-0.2, 0) is 22.4 Å². The number of benzene rings is 1. The van der Waals surface area contributed by atoms with Crippen LogP contribution in [0.3, 0.4) is 0 Å². The van der Waals surface area contributed by atoms with E-state index in [0.717, 1.165) is 74.5 Å². The Hall–Kier alpha value is -2.74. The molecule has 3 aromatic rings. The van der Waals surface area contributed by atoms with Crippen LogP contribution in [0.2, 0.25) is 0 Å².